The molecule has 1 N–H and O–H groups in total. The van der Waals surface area contributed by atoms with E-state index < -0.39 is 10.0 Å². The van der Waals surface area contributed by atoms with Crippen molar-refractivity contribution < 1.29 is 8.42 Å². The molecule has 1 saturated heterocycles. The van der Waals surface area contributed by atoms with E-state index in [1.807, 2.05) is 0 Å². The molecule has 2 aliphatic rings. The Morgan fingerprint density at radius 3 is 2.45 bits per heavy atom. The number of sulfonamides is 1. The zero-order chi connectivity index (χ0) is 15.6. The van der Waals surface area contributed by atoms with Crippen molar-refractivity contribution in [2.75, 3.05) is 18.4 Å². The number of hydrogen-bond acceptors (Lipinski definition) is 4. The molecule has 0 radical (unpaired) electrons. The summed E-state index contributed by atoms with van der Waals surface area (Å²) in [4.78, 5) is 4.61. The Morgan fingerprint density at radius 1 is 1.18 bits per heavy atom. The highest BCUT2D eigenvalue weighted by molar-refractivity contribution is 7.89. The van der Waals surface area contributed by atoms with Gasteiger partial charge in [0.1, 0.15) is 10.7 Å². The maximum absolute atomic E-state index is 12.5. The van der Waals surface area contributed by atoms with Gasteiger partial charge in [-0.3, -0.25) is 0 Å². The van der Waals surface area contributed by atoms with E-state index in [0.717, 1.165) is 31.0 Å². The first kappa shape index (κ1) is 15.7. The molecule has 22 heavy (non-hydrogen) atoms. The summed E-state index contributed by atoms with van der Waals surface area (Å²) in [6.07, 6.45) is 8.37. The Morgan fingerprint density at radius 2 is 1.91 bits per heavy atom. The highest BCUT2D eigenvalue weighted by Crippen LogP contribution is 2.30. The molecule has 1 atom stereocenters. The van der Waals surface area contributed by atoms with Crippen molar-refractivity contribution in [3.63, 3.8) is 0 Å². The Hall–Kier alpha value is -1.14. The first-order chi connectivity index (χ1) is 10.6. The fraction of sp³-hybridized carbons (Fsp3) is 0.688. The van der Waals surface area contributed by atoms with E-state index >= 15 is 0 Å². The average molecular weight is 323 g/mol. The lowest BCUT2D eigenvalue weighted by Gasteiger charge is -2.32. The number of nitrogens with zero attached hydrogens (tertiary/aromatic N) is 2. The molecule has 2 heterocycles. The van der Waals surface area contributed by atoms with Gasteiger partial charge in [-0.05, 0) is 50.7 Å². The van der Waals surface area contributed by atoms with Gasteiger partial charge in [-0.1, -0.05) is 12.8 Å². The average Bonchev–Trinajstić information content (AvgIpc) is 2.47. The van der Waals surface area contributed by atoms with E-state index in [0.29, 0.717) is 24.0 Å². The minimum absolute atomic E-state index is 0.302. The number of anilines is 1. The molecular formula is C16H25N3O2S. The number of hydrogen-bond donors (Lipinski definition) is 1. The Kier molecular flexibility index (Phi) is 4.68. The van der Waals surface area contributed by atoms with Crippen molar-refractivity contribution in [2.45, 2.75) is 56.4 Å². The van der Waals surface area contributed by atoms with E-state index in [1.54, 1.807) is 16.4 Å². The van der Waals surface area contributed by atoms with Gasteiger partial charge in [0, 0.05) is 25.3 Å². The van der Waals surface area contributed by atoms with Crippen molar-refractivity contribution in [3.05, 3.63) is 18.3 Å². The molecule has 0 amide bonds. The molecule has 6 heteroatoms. The second-order valence-corrected chi connectivity index (χ2v) is 8.41. The van der Waals surface area contributed by atoms with Crippen molar-refractivity contribution in [1.29, 1.82) is 0 Å². The van der Waals surface area contributed by atoms with Gasteiger partial charge in [0.15, 0.2) is 0 Å². The Bertz CT molecular complexity index is 590. The minimum Gasteiger partial charge on any atom is -0.367 e. The maximum atomic E-state index is 12.5. The predicted octanol–water partition coefficient (Wildman–Crippen LogP) is 2.86. The molecular weight excluding hydrogens is 298 g/mol. The lowest BCUT2D eigenvalue weighted by atomic mass is 9.80. The zero-order valence-electron chi connectivity index (χ0n) is 13.2. The van der Waals surface area contributed by atoms with Gasteiger partial charge in [-0.25, -0.2) is 13.4 Å². The molecule has 1 aromatic rings. The Balaban J connectivity index is 1.67. The number of nitrogens with one attached hydrogen (secondary N) is 1. The van der Waals surface area contributed by atoms with Crippen LogP contribution >= 0.6 is 0 Å². The van der Waals surface area contributed by atoms with Gasteiger partial charge in [0.05, 0.1) is 0 Å². The van der Waals surface area contributed by atoms with Crippen LogP contribution in [0.5, 0.6) is 0 Å². The summed E-state index contributed by atoms with van der Waals surface area (Å²) in [6.45, 7) is 3.42. The third-order valence-electron chi connectivity index (χ3n) is 4.92. The van der Waals surface area contributed by atoms with E-state index in [4.69, 9.17) is 0 Å². The molecule has 2 fully saturated rings. The summed E-state index contributed by atoms with van der Waals surface area (Å²) in [6, 6.07) is 3.85. The lowest BCUT2D eigenvalue weighted by molar-refractivity contribution is 0.285. The standard InChI is InChI=1S/C16H25N3O2S/c1-13(14-6-5-7-14)18-16-9-8-15(12-17-16)22(20,21)19-10-3-2-4-11-19/h8-9,12-14H,2-7,10-11H2,1H3,(H,17,18). The van der Waals surface area contributed by atoms with Crippen LogP contribution in [0, 0.1) is 5.92 Å². The van der Waals surface area contributed by atoms with Gasteiger partial charge in [0.25, 0.3) is 0 Å². The first-order valence-corrected chi connectivity index (χ1v) is 9.74. The molecule has 1 unspecified atom stereocenters. The number of rotatable bonds is 5. The van der Waals surface area contributed by atoms with Crippen LogP contribution in [0.1, 0.15) is 45.4 Å². The van der Waals surface area contributed by atoms with Crippen molar-refractivity contribution in [1.82, 2.24) is 9.29 Å². The summed E-state index contributed by atoms with van der Waals surface area (Å²) in [7, 11) is -3.37. The fourth-order valence-electron chi connectivity index (χ4n) is 3.16. The van der Waals surface area contributed by atoms with Gasteiger partial charge >= 0.3 is 0 Å². The van der Waals surface area contributed by atoms with E-state index in [2.05, 4.69) is 17.2 Å². The van der Waals surface area contributed by atoms with Crippen LogP contribution in [0.15, 0.2) is 23.2 Å². The number of pyridine rings is 1. The van der Waals surface area contributed by atoms with Crippen molar-refractivity contribution in [2.24, 2.45) is 5.92 Å². The van der Waals surface area contributed by atoms with Crippen molar-refractivity contribution in [3.8, 4) is 0 Å². The summed E-state index contributed by atoms with van der Waals surface area (Å²) in [5, 5.41) is 3.38. The monoisotopic (exact) mass is 323 g/mol. The summed E-state index contributed by atoms with van der Waals surface area (Å²) in [5.41, 5.74) is 0. The van der Waals surface area contributed by atoms with E-state index in [-0.39, 0.29) is 0 Å². The topological polar surface area (TPSA) is 62.3 Å². The summed E-state index contributed by atoms with van der Waals surface area (Å²) >= 11 is 0. The van der Waals surface area contributed by atoms with Crippen molar-refractivity contribution >= 4 is 15.8 Å². The highest BCUT2D eigenvalue weighted by Gasteiger charge is 2.27. The van der Waals surface area contributed by atoms with Crippen LogP contribution < -0.4 is 5.32 Å². The number of piperidine rings is 1. The zero-order valence-corrected chi connectivity index (χ0v) is 14.0. The highest BCUT2D eigenvalue weighted by atomic mass is 32.2. The minimum atomic E-state index is -3.37. The second kappa shape index (κ2) is 6.54. The first-order valence-electron chi connectivity index (χ1n) is 8.30. The normalized spacial score (nSPS) is 22.0. The maximum Gasteiger partial charge on any atom is 0.244 e. The predicted molar refractivity (Wildman–Crippen MR) is 87.3 cm³/mol. The van der Waals surface area contributed by atoms with Gasteiger partial charge in [-0.15, -0.1) is 0 Å². The molecule has 3 rings (SSSR count). The lowest BCUT2D eigenvalue weighted by Crippen LogP contribution is -2.35. The van der Waals surface area contributed by atoms with Crippen LogP contribution in [0.2, 0.25) is 0 Å². The number of aromatic nitrogens is 1. The third kappa shape index (κ3) is 3.27. The van der Waals surface area contributed by atoms with Crippen LogP contribution in [-0.2, 0) is 10.0 Å². The second-order valence-electron chi connectivity index (χ2n) is 6.47. The molecule has 1 aromatic heterocycles. The molecule has 122 valence electrons. The quantitative estimate of drug-likeness (QED) is 0.905. The fourth-order valence-corrected chi connectivity index (χ4v) is 4.63. The van der Waals surface area contributed by atoms with Crippen LogP contribution in [0.4, 0.5) is 5.82 Å². The van der Waals surface area contributed by atoms with Crippen LogP contribution in [0.25, 0.3) is 0 Å². The summed E-state index contributed by atoms with van der Waals surface area (Å²) in [5.74, 6) is 1.48. The molecule has 1 aliphatic carbocycles. The van der Waals surface area contributed by atoms with Crippen LogP contribution in [-0.4, -0.2) is 36.8 Å². The largest absolute Gasteiger partial charge is 0.367 e. The molecule has 1 saturated carbocycles. The van der Waals surface area contributed by atoms with Gasteiger partial charge in [0.2, 0.25) is 10.0 Å². The van der Waals surface area contributed by atoms with Gasteiger partial charge < -0.3 is 5.32 Å². The smallest absolute Gasteiger partial charge is 0.244 e. The molecule has 0 aromatic carbocycles. The van der Waals surface area contributed by atoms with Crippen LogP contribution in [0.3, 0.4) is 0 Å². The third-order valence-corrected chi connectivity index (χ3v) is 6.80. The molecule has 1 aliphatic heterocycles. The van der Waals surface area contributed by atoms with Gasteiger partial charge in [-0.2, -0.15) is 4.31 Å². The Labute approximate surface area is 133 Å². The summed E-state index contributed by atoms with van der Waals surface area (Å²) < 4.78 is 26.7. The molecule has 5 nitrogen and oxygen atoms in total. The molecule has 0 spiro atoms. The van der Waals surface area contributed by atoms with E-state index in [9.17, 15) is 8.42 Å². The SMILES string of the molecule is CC(Nc1ccc(S(=O)(=O)N2CCCCC2)cn1)C1CCC1. The van der Waals surface area contributed by atoms with E-state index in [1.165, 1.54) is 25.5 Å². The molecule has 0 bridgehead atoms.